The molecule has 0 saturated carbocycles. The summed E-state index contributed by atoms with van der Waals surface area (Å²) in [5.74, 6) is 0.151. The van der Waals surface area contributed by atoms with Crippen LogP contribution in [0.2, 0.25) is 5.02 Å². The molecule has 0 fully saturated rings. The highest BCUT2D eigenvalue weighted by molar-refractivity contribution is 7.13. The Morgan fingerprint density at radius 2 is 2.25 bits per heavy atom. The average Bonchev–Trinajstić information content (AvgIpc) is 3.30. The molecule has 3 aromatic heterocycles. The first-order chi connectivity index (χ1) is 11.7. The van der Waals surface area contributed by atoms with E-state index >= 15 is 0 Å². The monoisotopic (exact) mass is 358 g/mol. The molecule has 3 heterocycles. The number of aromatic amines is 1. The van der Waals surface area contributed by atoms with Gasteiger partial charge in [-0.3, -0.25) is 0 Å². The standard InChI is InChI=1S/C17H11ClN2O3S/c18-12-3-1-4-13-11(12)7-10(19-13)8-23-17(21)14-9-24-16(20-14)15-5-2-6-22-15/h1-7,9,19H,8H2. The van der Waals surface area contributed by atoms with E-state index in [1.165, 1.54) is 11.3 Å². The topological polar surface area (TPSA) is 68.1 Å². The van der Waals surface area contributed by atoms with E-state index in [2.05, 4.69) is 9.97 Å². The number of ether oxygens (including phenoxy) is 1. The number of esters is 1. The number of aromatic nitrogens is 2. The van der Waals surface area contributed by atoms with Gasteiger partial charge in [0, 0.05) is 21.3 Å². The summed E-state index contributed by atoms with van der Waals surface area (Å²) in [5, 5.41) is 3.86. The number of fused-ring (bicyclic) bond motifs is 1. The Hall–Kier alpha value is -2.57. The second-order valence-corrected chi connectivity index (χ2v) is 6.35. The summed E-state index contributed by atoms with van der Waals surface area (Å²) in [6, 6.07) is 11.0. The van der Waals surface area contributed by atoms with Gasteiger partial charge in [-0.05, 0) is 30.3 Å². The van der Waals surface area contributed by atoms with E-state index < -0.39 is 5.97 Å². The molecular formula is C17H11ClN2O3S. The van der Waals surface area contributed by atoms with Gasteiger partial charge in [-0.25, -0.2) is 9.78 Å². The van der Waals surface area contributed by atoms with Gasteiger partial charge < -0.3 is 14.1 Å². The third-order valence-electron chi connectivity index (χ3n) is 3.47. The number of nitrogens with one attached hydrogen (secondary N) is 1. The molecule has 0 saturated heterocycles. The minimum atomic E-state index is -0.478. The summed E-state index contributed by atoms with van der Waals surface area (Å²) >= 11 is 7.47. The molecule has 0 atom stereocenters. The molecule has 24 heavy (non-hydrogen) atoms. The second-order valence-electron chi connectivity index (χ2n) is 5.09. The molecule has 0 spiro atoms. The van der Waals surface area contributed by atoms with E-state index in [0.29, 0.717) is 15.8 Å². The van der Waals surface area contributed by atoms with Gasteiger partial charge >= 0.3 is 5.97 Å². The van der Waals surface area contributed by atoms with Gasteiger partial charge in [-0.15, -0.1) is 11.3 Å². The van der Waals surface area contributed by atoms with Crippen LogP contribution in [0.3, 0.4) is 0 Å². The molecule has 4 rings (SSSR count). The maximum Gasteiger partial charge on any atom is 0.358 e. The number of hydrogen-bond donors (Lipinski definition) is 1. The lowest BCUT2D eigenvalue weighted by molar-refractivity contribution is 0.0462. The minimum absolute atomic E-state index is 0.122. The highest BCUT2D eigenvalue weighted by atomic mass is 35.5. The van der Waals surface area contributed by atoms with Crippen LogP contribution in [0.1, 0.15) is 16.2 Å². The molecule has 120 valence electrons. The molecule has 0 unspecified atom stereocenters. The van der Waals surface area contributed by atoms with Gasteiger partial charge in [-0.1, -0.05) is 17.7 Å². The van der Waals surface area contributed by atoms with Crippen molar-refractivity contribution in [3.63, 3.8) is 0 Å². The van der Waals surface area contributed by atoms with Crippen LogP contribution in [-0.2, 0) is 11.3 Å². The highest BCUT2D eigenvalue weighted by Gasteiger charge is 2.15. The fraction of sp³-hybridized carbons (Fsp3) is 0.0588. The second kappa shape index (κ2) is 6.14. The average molecular weight is 359 g/mol. The molecule has 0 aliphatic heterocycles. The zero-order valence-electron chi connectivity index (χ0n) is 12.3. The number of furan rings is 1. The van der Waals surface area contributed by atoms with Crippen molar-refractivity contribution in [3.8, 4) is 10.8 Å². The Labute approximate surface area is 145 Å². The van der Waals surface area contributed by atoms with Gasteiger partial charge in [0.15, 0.2) is 16.5 Å². The van der Waals surface area contributed by atoms with Crippen LogP contribution < -0.4 is 0 Å². The van der Waals surface area contributed by atoms with E-state index in [4.69, 9.17) is 20.8 Å². The predicted molar refractivity (Wildman–Crippen MR) is 92.2 cm³/mol. The number of H-pyrrole nitrogens is 1. The number of benzene rings is 1. The fourth-order valence-corrected chi connectivity index (χ4v) is 3.34. The quantitative estimate of drug-likeness (QED) is 0.527. The summed E-state index contributed by atoms with van der Waals surface area (Å²) in [4.78, 5) is 19.6. The lowest BCUT2D eigenvalue weighted by Gasteiger charge is -2.00. The molecule has 0 aliphatic rings. The van der Waals surface area contributed by atoms with Crippen LogP contribution in [0, 0.1) is 0 Å². The first-order valence-electron chi connectivity index (χ1n) is 7.13. The van der Waals surface area contributed by atoms with Crippen LogP contribution in [0.15, 0.2) is 52.5 Å². The van der Waals surface area contributed by atoms with Gasteiger partial charge in [0.25, 0.3) is 0 Å². The Balaban J connectivity index is 1.47. The molecule has 4 aromatic rings. The van der Waals surface area contributed by atoms with E-state index in [1.807, 2.05) is 24.3 Å². The molecular weight excluding hydrogens is 348 g/mol. The largest absolute Gasteiger partial charge is 0.462 e. The van der Waals surface area contributed by atoms with Gasteiger partial charge in [0.2, 0.25) is 0 Å². The molecule has 7 heteroatoms. The maximum absolute atomic E-state index is 12.1. The van der Waals surface area contributed by atoms with Crippen molar-refractivity contribution in [1.82, 2.24) is 9.97 Å². The van der Waals surface area contributed by atoms with Crippen LogP contribution in [0.4, 0.5) is 0 Å². The minimum Gasteiger partial charge on any atom is -0.462 e. The molecule has 0 aliphatic carbocycles. The number of thiazole rings is 1. The van der Waals surface area contributed by atoms with Gasteiger partial charge in [0.1, 0.15) is 6.61 Å². The Bertz CT molecular complexity index is 1000. The van der Waals surface area contributed by atoms with Gasteiger partial charge in [0.05, 0.1) is 12.0 Å². The van der Waals surface area contributed by atoms with Crippen molar-refractivity contribution in [2.45, 2.75) is 6.61 Å². The van der Waals surface area contributed by atoms with Crippen molar-refractivity contribution in [3.05, 3.63) is 64.5 Å². The van der Waals surface area contributed by atoms with Crippen molar-refractivity contribution in [1.29, 1.82) is 0 Å². The number of rotatable bonds is 4. The smallest absolute Gasteiger partial charge is 0.358 e. The predicted octanol–water partition coefficient (Wildman–Crippen LogP) is 4.89. The number of carbonyl (C=O) groups excluding carboxylic acids is 1. The van der Waals surface area contributed by atoms with Crippen molar-refractivity contribution in [2.75, 3.05) is 0 Å². The number of halogens is 1. The summed E-state index contributed by atoms with van der Waals surface area (Å²) < 4.78 is 10.6. The van der Waals surface area contributed by atoms with E-state index in [-0.39, 0.29) is 12.3 Å². The first-order valence-corrected chi connectivity index (χ1v) is 8.39. The van der Waals surface area contributed by atoms with Crippen LogP contribution >= 0.6 is 22.9 Å². The van der Waals surface area contributed by atoms with Crippen molar-refractivity contribution >= 4 is 39.8 Å². The van der Waals surface area contributed by atoms with E-state index in [9.17, 15) is 4.79 Å². The zero-order valence-corrected chi connectivity index (χ0v) is 13.9. The summed E-state index contributed by atoms with van der Waals surface area (Å²) in [7, 11) is 0. The van der Waals surface area contributed by atoms with Crippen LogP contribution in [0.25, 0.3) is 21.7 Å². The molecule has 0 bridgehead atoms. The number of nitrogens with zero attached hydrogens (tertiary/aromatic N) is 1. The lowest BCUT2D eigenvalue weighted by Crippen LogP contribution is -2.05. The third kappa shape index (κ3) is 2.81. The maximum atomic E-state index is 12.1. The van der Waals surface area contributed by atoms with Crippen molar-refractivity contribution in [2.24, 2.45) is 0 Å². The summed E-state index contributed by atoms with van der Waals surface area (Å²) in [5.41, 5.74) is 1.94. The molecule has 1 aromatic carbocycles. The van der Waals surface area contributed by atoms with Gasteiger partial charge in [-0.2, -0.15) is 0 Å². The van der Waals surface area contributed by atoms with Crippen molar-refractivity contribution < 1.29 is 13.9 Å². The highest BCUT2D eigenvalue weighted by Crippen LogP contribution is 2.26. The van der Waals surface area contributed by atoms with E-state index in [0.717, 1.165) is 16.6 Å². The Morgan fingerprint density at radius 3 is 3.04 bits per heavy atom. The van der Waals surface area contributed by atoms with Crippen LogP contribution in [-0.4, -0.2) is 15.9 Å². The normalized spacial score (nSPS) is 11.0. The Morgan fingerprint density at radius 1 is 1.33 bits per heavy atom. The van der Waals surface area contributed by atoms with Crippen LogP contribution in [0.5, 0.6) is 0 Å². The third-order valence-corrected chi connectivity index (χ3v) is 4.66. The molecule has 5 nitrogen and oxygen atoms in total. The van der Waals surface area contributed by atoms with E-state index in [1.54, 1.807) is 23.8 Å². The molecule has 0 amide bonds. The SMILES string of the molecule is O=C(OCc1cc2c(Cl)cccc2[nH]1)c1csc(-c2ccco2)n1. The summed E-state index contributed by atoms with van der Waals surface area (Å²) in [6.45, 7) is 0.122. The fourth-order valence-electron chi connectivity index (χ4n) is 2.35. The Kier molecular flexibility index (Phi) is 3.84. The first kappa shape index (κ1) is 15.0. The molecule has 0 radical (unpaired) electrons. The lowest BCUT2D eigenvalue weighted by atomic mass is 10.2. The molecule has 1 N–H and O–H groups in total. The number of carbonyl (C=O) groups is 1. The number of hydrogen-bond acceptors (Lipinski definition) is 5. The summed E-state index contributed by atoms with van der Waals surface area (Å²) in [6.07, 6.45) is 1.57. The zero-order chi connectivity index (χ0) is 16.5.